The molecule has 0 saturated heterocycles. The van der Waals surface area contributed by atoms with Crippen molar-refractivity contribution in [1.82, 2.24) is 4.98 Å². The molecule has 0 radical (unpaired) electrons. The van der Waals surface area contributed by atoms with Crippen LogP contribution in [0.5, 0.6) is 0 Å². The quantitative estimate of drug-likeness (QED) is 0.741. The maximum atomic E-state index is 4.24. The van der Waals surface area contributed by atoms with E-state index in [1.165, 1.54) is 5.56 Å². The van der Waals surface area contributed by atoms with Crippen molar-refractivity contribution in [2.45, 2.75) is 20.3 Å². The van der Waals surface area contributed by atoms with Crippen LogP contribution in [0.3, 0.4) is 0 Å². The molecule has 1 heterocycles. The van der Waals surface area contributed by atoms with E-state index in [0.717, 1.165) is 12.2 Å². The Kier molecular flexibility index (Phi) is 3.09. The highest BCUT2D eigenvalue weighted by Gasteiger charge is 1.97. The minimum atomic E-state index is 0.701. The maximum absolute atomic E-state index is 4.24. The summed E-state index contributed by atoms with van der Waals surface area (Å²) >= 11 is 0. The Hall–Kier alpha value is -1.05. The zero-order chi connectivity index (χ0) is 8.97. The van der Waals surface area contributed by atoms with Crippen LogP contribution in [0.2, 0.25) is 0 Å². The van der Waals surface area contributed by atoms with Gasteiger partial charge in [0.15, 0.2) is 0 Å². The van der Waals surface area contributed by atoms with Gasteiger partial charge in [-0.25, -0.2) is 4.98 Å². The summed E-state index contributed by atoms with van der Waals surface area (Å²) in [5, 5.41) is 3.00. The first kappa shape index (κ1) is 9.04. The minimum absolute atomic E-state index is 0.701. The second-order valence-corrected chi connectivity index (χ2v) is 3.40. The van der Waals surface area contributed by atoms with Gasteiger partial charge in [0.1, 0.15) is 5.82 Å². The summed E-state index contributed by atoms with van der Waals surface area (Å²) in [7, 11) is 1.88. The smallest absolute Gasteiger partial charge is 0.125 e. The van der Waals surface area contributed by atoms with E-state index >= 15 is 0 Å². The van der Waals surface area contributed by atoms with Crippen LogP contribution in [0, 0.1) is 5.92 Å². The van der Waals surface area contributed by atoms with Gasteiger partial charge in [-0.2, -0.15) is 0 Å². The molecule has 0 aliphatic carbocycles. The molecule has 0 bridgehead atoms. The Morgan fingerprint density at radius 2 is 2.17 bits per heavy atom. The van der Waals surface area contributed by atoms with Crippen molar-refractivity contribution < 1.29 is 0 Å². The summed E-state index contributed by atoms with van der Waals surface area (Å²) in [6.07, 6.45) is 3.04. The number of anilines is 1. The van der Waals surface area contributed by atoms with Crippen LogP contribution in [-0.2, 0) is 6.42 Å². The van der Waals surface area contributed by atoms with Crippen molar-refractivity contribution in [3.05, 3.63) is 23.9 Å². The van der Waals surface area contributed by atoms with Crippen LogP contribution in [0.25, 0.3) is 0 Å². The minimum Gasteiger partial charge on any atom is -0.373 e. The lowest BCUT2D eigenvalue weighted by molar-refractivity contribution is 0.646. The standard InChI is InChI=1S/C10H16N2/c1-8(2)6-9-4-5-10(11-3)12-7-9/h4-5,7-8H,6H2,1-3H3,(H,11,12). The van der Waals surface area contributed by atoms with E-state index in [0.29, 0.717) is 5.92 Å². The third-order valence-electron chi connectivity index (χ3n) is 1.72. The lowest BCUT2D eigenvalue weighted by Crippen LogP contribution is -1.96. The van der Waals surface area contributed by atoms with Gasteiger partial charge < -0.3 is 5.32 Å². The predicted molar refractivity (Wildman–Crippen MR) is 52.3 cm³/mol. The average Bonchev–Trinajstić information content (AvgIpc) is 2.05. The zero-order valence-electron chi connectivity index (χ0n) is 7.96. The van der Waals surface area contributed by atoms with E-state index in [1.807, 2.05) is 19.3 Å². The fourth-order valence-corrected chi connectivity index (χ4v) is 1.16. The molecule has 0 saturated carbocycles. The van der Waals surface area contributed by atoms with E-state index < -0.39 is 0 Å². The monoisotopic (exact) mass is 164 g/mol. The number of hydrogen-bond donors (Lipinski definition) is 1. The number of pyridine rings is 1. The van der Waals surface area contributed by atoms with Crippen LogP contribution < -0.4 is 5.32 Å². The molecule has 1 aromatic rings. The second kappa shape index (κ2) is 4.10. The topological polar surface area (TPSA) is 24.9 Å². The molecule has 2 nitrogen and oxygen atoms in total. The SMILES string of the molecule is CNc1ccc(CC(C)C)cn1. The first-order valence-corrected chi connectivity index (χ1v) is 4.35. The molecule has 0 amide bonds. The zero-order valence-corrected chi connectivity index (χ0v) is 7.96. The summed E-state index contributed by atoms with van der Waals surface area (Å²) in [6.45, 7) is 4.43. The molecular formula is C10H16N2. The van der Waals surface area contributed by atoms with Gasteiger partial charge in [0.2, 0.25) is 0 Å². The molecule has 0 aliphatic rings. The van der Waals surface area contributed by atoms with Crippen molar-refractivity contribution in [1.29, 1.82) is 0 Å². The molecule has 66 valence electrons. The van der Waals surface area contributed by atoms with E-state index in [2.05, 4.69) is 30.2 Å². The summed E-state index contributed by atoms with van der Waals surface area (Å²) in [6, 6.07) is 4.14. The van der Waals surface area contributed by atoms with Gasteiger partial charge in [0.25, 0.3) is 0 Å². The third kappa shape index (κ3) is 2.53. The lowest BCUT2D eigenvalue weighted by Gasteiger charge is -2.04. The molecule has 0 unspecified atom stereocenters. The number of nitrogens with one attached hydrogen (secondary N) is 1. The van der Waals surface area contributed by atoms with Gasteiger partial charge in [0, 0.05) is 13.2 Å². The van der Waals surface area contributed by atoms with E-state index in [9.17, 15) is 0 Å². The number of hydrogen-bond acceptors (Lipinski definition) is 2. The molecule has 0 aromatic carbocycles. The van der Waals surface area contributed by atoms with Crippen LogP contribution in [0.4, 0.5) is 5.82 Å². The highest BCUT2D eigenvalue weighted by molar-refractivity contribution is 5.34. The van der Waals surface area contributed by atoms with E-state index in [-0.39, 0.29) is 0 Å². The maximum Gasteiger partial charge on any atom is 0.125 e. The van der Waals surface area contributed by atoms with E-state index in [4.69, 9.17) is 0 Å². The fraction of sp³-hybridized carbons (Fsp3) is 0.500. The Labute approximate surface area is 74.0 Å². The Bertz CT molecular complexity index is 226. The van der Waals surface area contributed by atoms with Crippen molar-refractivity contribution in [3.8, 4) is 0 Å². The largest absolute Gasteiger partial charge is 0.373 e. The molecular weight excluding hydrogens is 148 g/mol. The van der Waals surface area contributed by atoms with Crippen molar-refractivity contribution in [2.75, 3.05) is 12.4 Å². The third-order valence-corrected chi connectivity index (χ3v) is 1.72. The Balaban J connectivity index is 2.65. The molecule has 1 rings (SSSR count). The van der Waals surface area contributed by atoms with E-state index in [1.54, 1.807) is 0 Å². The fourth-order valence-electron chi connectivity index (χ4n) is 1.16. The van der Waals surface area contributed by atoms with Gasteiger partial charge in [-0.05, 0) is 24.0 Å². The van der Waals surface area contributed by atoms with Gasteiger partial charge >= 0.3 is 0 Å². The van der Waals surface area contributed by atoms with Crippen LogP contribution in [-0.4, -0.2) is 12.0 Å². The Morgan fingerprint density at radius 1 is 1.42 bits per heavy atom. The molecule has 0 spiro atoms. The summed E-state index contributed by atoms with van der Waals surface area (Å²) in [4.78, 5) is 4.24. The van der Waals surface area contributed by atoms with Crippen molar-refractivity contribution in [3.63, 3.8) is 0 Å². The highest BCUT2D eigenvalue weighted by Crippen LogP contribution is 2.08. The van der Waals surface area contributed by atoms with Gasteiger partial charge in [-0.3, -0.25) is 0 Å². The molecule has 1 aromatic heterocycles. The number of aromatic nitrogens is 1. The second-order valence-electron chi connectivity index (χ2n) is 3.40. The normalized spacial score (nSPS) is 10.3. The number of nitrogens with zero attached hydrogens (tertiary/aromatic N) is 1. The first-order chi connectivity index (χ1) is 5.72. The first-order valence-electron chi connectivity index (χ1n) is 4.35. The van der Waals surface area contributed by atoms with Gasteiger partial charge in [0.05, 0.1) is 0 Å². The van der Waals surface area contributed by atoms with Gasteiger partial charge in [-0.1, -0.05) is 19.9 Å². The van der Waals surface area contributed by atoms with Gasteiger partial charge in [-0.15, -0.1) is 0 Å². The van der Waals surface area contributed by atoms with Crippen molar-refractivity contribution in [2.24, 2.45) is 5.92 Å². The van der Waals surface area contributed by atoms with Crippen molar-refractivity contribution >= 4 is 5.82 Å². The summed E-state index contributed by atoms with van der Waals surface area (Å²) in [5.41, 5.74) is 1.31. The molecule has 0 aliphatic heterocycles. The molecule has 1 N–H and O–H groups in total. The summed E-state index contributed by atoms with van der Waals surface area (Å²) in [5.74, 6) is 1.63. The Morgan fingerprint density at radius 3 is 2.58 bits per heavy atom. The molecule has 2 heteroatoms. The molecule has 0 atom stereocenters. The highest BCUT2D eigenvalue weighted by atomic mass is 14.9. The number of rotatable bonds is 3. The lowest BCUT2D eigenvalue weighted by atomic mass is 10.1. The van der Waals surface area contributed by atoms with Crippen LogP contribution >= 0.6 is 0 Å². The molecule has 0 fully saturated rings. The molecule has 12 heavy (non-hydrogen) atoms. The van der Waals surface area contributed by atoms with Crippen LogP contribution in [0.1, 0.15) is 19.4 Å². The average molecular weight is 164 g/mol. The van der Waals surface area contributed by atoms with Crippen LogP contribution in [0.15, 0.2) is 18.3 Å². The predicted octanol–water partition coefficient (Wildman–Crippen LogP) is 2.32. The summed E-state index contributed by atoms with van der Waals surface area (Å²) < 4.78 is 0.